The highest BCUT2D eigenvalue weighted by Crippen LogP contribution is 2.23. The van der Waals surface area contributed by atoms with Gasteiger partial charge in [-0.05, 0) is 44.7 Å². The second-order valence-corrected chi connectivity index (χ2v) is 7.15. The predicted molar refractivity (Wildman–Crippen MR) is 94.1 cm³/mol. The summed E-state index contributed by atoms with van der Waals surface area (Å²) in [5, 5.41) is 0.986. The number of aromatic amines is 1. The molecule has 5 nitrogen and oxygen atoms in total. The number of pyridine rings is 1. The SMILES string of the molecule is CC1CN(C(=O)CCc2cc3ccccc3[nH]c2=O)C(C)(C)CO1. The van der Waals surface area contributed by atoms with Crippen LogP contribution >= 0.6 is 0 Å². The van der Waals surface area contributed by atoms with E-state index in [9.17, 15) is 9.59 Å². The summed E-state index contributed by atoms with van der Waals surface area (Å²) in [6.45, 7) is 7.14. The third-order valence-corrected chi connectivity index (χ3v) is 4.63. The number of nitrogens with one attached hydrogen (secondary N) is 1. The molecular weight excluding hydrogens is 304 g/mol. The molecule has 1 amide bonds. The lowest BCUT2D eigenvalue weighted by Crippen LogP contribution is -2.57. The Morgan fingerprint density at radius 1 is 1.38 bits per heavy atom. The number of aromatic nitrogens is 1. The van der Waals surface area contributed by atoms with Gasteiger partial charge in [0.05, 0.1) is 18.2 Å². The Hall–Kier alpha value is -2.14. The van der Waals surface area contributed by atoms with E-state index in [0.29, 0.717) is 31.6 Å². The van der Waals surface area contributed by atoms with Gasteiger partial charge in [-0.1, -0.05) is 18.2 Å². The number of hydrogen-bond acceptors (Lipinski definition) is 3. The quantitative estimate of drug-likeness (QED) is 0.941. The molecular formula is C19H24N2O3. The molecule has 2 heterocycles. The van der Waals surface area contributed by atoms with Crippen LogP contribution in [0.2, 0.25) is 0 Å². The molecule has 1 aliphatic rings. The highest BCUT2D eigenvalue weighted by atomic mass is 16.5. The van der Waals surface area contributed by atoms with Gasteiger partial charge in [0.25, 0.3) is 5.56 Å². The van der Waals surface area contributed by atoms with Crippen LogP contribution in [0.15, 0.2) is 35.1 Å². The smallest absolute Gasteiger partial charge is 0.251 e. The number of morpholine rings is 1. The van der Waals surface area contributed by atoms with Crippen LogP contribution in [-0.4, -0.2) is 40.6 Å². The lowest BCUT2D eigenvalue weighted by molar-refractivity contribution is -0.152. The summed E-state index contributed by atoms with van der Waals surface area (Å²) in [6.07, 6.45) is 0.823. The number of carbonyl (C=O) groups is 1. The second-order valence-electron chi connectivity index (χ2n) is 7.15. The molecule has 1 atom stereocenters. The average molecular weight is 328 g/mol. The first-order chi connectivity index (χ1) is 11.4. The van der Waals surface area contributed by atoms with Gasteiger partial charge in [0.2, 0.25) is 5.91 Å². The molecule has 1 fully saturated rings. The third-order valence-electron chi connectivity index (χ3n) is 4.63. The van der Waals surface area contributed by atoms with Crippen molar-refractivity contribution in [2.45, 2.75) is 45.3 Å². The average Bonchev–Trinajstić information content (AvgIpc) is 2.55. The molecule has 0 aliphatic carbocycles. The van der Waals surface area contributed by atoms with E-state index >= 15 is 0 Å². The summed E-state index contributed by atoms with van der Waals surface area (Å²) in [4.78, 5) is 29.6. The number of amides is 1. The van der Waals surface area contributed by atoms with Crippen molar-refractivity contribution in [2.75, 3.05) is 13.2 Å². The number of aryl methyl sites for hydroxylation is 1. The first kappa shape index (κ1) is 16.7. The molecule has 5 heteroatoms. The number of hydrogen-bond donors (Lipinski definition) is 1. The fourth-order valence-corrected chi connectivity index (χ4v) is 3.18. The Labute approximate surface area is 141 Å². The zero-order valence-electron chi connectivity index (χ0n) is 14.5. The summed E-state index contributed by atoms with van der Waals surface area (Å²) >= 11 is 0. The van der Waals surface area contributed by atoms with E-state index in [-0.39, 0.29) is 23.1 Å². The van der Waals surface area contributed by atoms with Gasteiger partial charge in [-0.15, -0.1) is 0 Å². The van der Waals surface area contributed by atoms with Crippen LogP contribution in [0.5, 0.6) is 0 Å². The van der Waals surface area contributed by atoms with Crippen molar-refractivity contribution in [1.29, 1.82) is 0 Å². The minimum absolute atomic E-state index is 0.0473. The van der Waals surface area contributed by atoms with E-state index in [1.165, 1.54) is 0 Å². The molecule has 3 rings (SSSR count). The molecule has 1 aromatic heterocycles. The number of fused-ring (bicyclic) bond motifs is 1. The fourth-order valence-electron chi connectivity index (χ4n) is 3.18. The standard InChI is InChI=1S/C19H24N2O3/c1-13-11-21(19(2,3)12-24-13)17(22)9-8-15-10-14-6-4-5-7-16(14)20-18(15)23/h4-7,10,13H,8-9,11-12H2,1-3H3,(H,20,23). The van der Waals surface area contributed by atoms with Crippen molar-refractivity contribution in [1.82, 2.24) is 9.88 Å². The van der Waals surface area contributed by atoms with Crippen LogP contribution in [0.3, 0.4) is 0 Å². The van der Waals surface area contributed by atoms with Gasteiger partial charge in [0, 0.05) is 24.0 Å². The van der Waals surface area contributed by atoms with Crippen LogP contribution in [-0.2, 0) is 16.0 Å². The Kier molecular flexibility index (Phi) is 4.45. The molecule has 0 saturated carbocycles. The first-order valence-electron chi connectivity index (χ1n) is 8.40. The van der Waals surface area contributed by atoms with Crippen LogP contribution < -0.4 is 5.56 Å². The van der Waals surface area contributed by atoms with Gasteiger partial charge in [-0.3, -0.25) is 9.59 Å². The molecule has 128 valence electrons. The molecule has 0 spiro atoms. The van der Waals surface area contributed by atoms with E-state index < -0.39 is 0 Å². The monoisotopic (exact) mass is 328 g/mol. The predicted octanol–water partition coefficient (Wildman–Crippen LogP) is 2.49. The minimum Gasteiger partial charge on any atom is -0.374 e. The maximum Gasteiger partial charge on any atom is 0.251 e. The Morgan fingerprint density at radius 3 is 2.92 bits per heavy atom. The Bertz CT molecular complexity index is 810. The van der Waals surface area contributed by atoms with Crippen molar-refractivity contribution in [3.63, 3.8) is 0 Å². The molecule has 2 aromatic rings. The summed E-state index contributed by atoms with van der Waals surface area (Å²) in [5.74, 6) is 0.0720. The zero-order valence-corrected chi connectivity index (χ0v) is 14.5. The maximum absolute atomic E-state index is 12.7. The van der Waals surface area contributed by atoms with Gasteiger partial charge in [-0.2, -0.15) is 0 Å². The zero-order chi connectivity index (χ0) is 17.3. The molecule has 0 bridgehead atoms. The Balaban J connectivity index is 1.74. The van der Waals surface area contributed by atoms with E-state index in [1.54, 1.807) is 0 Å². The summed E-state index contributed by atoms with van der Waals surface area (Å²) in [7, 11) is 0. The summed E-state index contributed by atoms with van der Waals surface area (Å²) in [6, 6.07) is 9.55. The van der Waals surface area contributed by atoms with Crippen LogP contribution in [0.1, 0.15) is 32.8 Å². The van der Waals surface area contributed by atoms with Crippen molar-refractivity contribution in [2.24, 2.45) is 0 Å². The van der Waals surface area contributed by atoms with Gasteiger partial charge in [0.15, 0.2) is 0 Å². The number of rotatable bonds is 3. The van der Waals surface area contributed by atoms with Gasteiger partial charge in [0.1, 0.15) is 0 Å². The molecule has 1 unspecified atom stereocenters. The van der Waals surface area contributed by atoms with Crippen LogP contribution in [0.4, 0.5) is 0 Å². The van der Waals surface area contributed by atoms with E-state index in [4.69, 9.17) is 4.74 Å². The van der Waals surface area contributed by atoms with Gasteiger partial charge >= 0.3 is 0 Å². The number of benzene rings is 1. The lowest BCUT2D eigenvalue weighted by Gasteiger charge is -2.44. The van der Waals surface area contributed by atoms with E-state index in [0.717, 1.165) is 10.9 Å². The number of ether oxygens (including phenoxy) is 1. The largest absolute Gasteiger partial charge is 0.374 e. The molecule has 1 saturated heterocycles. The lowest BCUT2D eigenvalue weighted by atomic mass is 9.99. The second kappa shape index (κ2) is 6.40. The number of carbonyl (C=O) groups excluding carboxylic acids is 1. The summed E-state index contributed by atoms with van der Waals surface area (Å²) in [5.41, 5.74) is 1.05. The van der Waals surface area contributed by atoms with Crippen molar-refractivity contribution >= 4 is 16.8 Å². The molecule has 24 heavy (non-hydrogen) atoms. The highest BCUT2D eigenvalue weighted by Gasteiger charge is 2.36. The first-order valence-corrected chi connectivity index (χ1v) is 8.40. The topological polar surface area (TPSA) is 62.4 Å². The van der Waals surface area contributed by atoms with Gasteiger partial charge < -0.3 is 14.6 Å². The minimum atomic E-state index is -0.306. The molecule has 0 radical (unpaired) electrons. The van der Waals surface area contributed by atoms with E-state index in [1.807, 2.05) is 56.0 Å². The summed E-state index contributed by atoms with van der Waals surface area (Å²) < 4.78 is 5.65. The molecule has 1 N–H and O–H groups in total. The third kappa shape index (κ3) is 3.36. The fraction of sp³-hybridized carbons (Fsp3) is 0.474. The van der Waals surface area contributed by atoms with Gasteiger partial charge in [-0.25, -0.2) is 0 Å². The van der Waals surface area contributed by atoms with E-state index in [2.05, 4.69) is 4.98 Å². The van der Waals surface area contributed by atoms with Crippen LogP contribution in [0.25, 0.3) is 10.9 Å². The van der Waals surface area contributed by atoms with Crippen molar-refractivity contribution in [3.05, 3.63) is 46.2 Å². The Morgan fingerprint density at radius 2 is 2.12 bits per heavy atom. The molecule has 1 aliphatic heterocycles. The number of para-hydroxylation sites is 1. The van der Waals surface area contributed by atoms with Crippen molar-refractivity contribution < 1.29 is 9.53 Å². The normalized spacial score (nSPS) is 20.3. The maximum atomic E-state index is 12.7. The van der Waals surface area contributed by atoms with Crippen LogP contribution in [0, 0.1) is 0 Å². The highest BCUT2D eigenvalue weighted by molar-refractivity contribution is 5.80. The number of H-pyrrole nitrogens is 1. The van der Waals surface area contributed by atoms with Crippen molar-refractivity contribution in [3.8, 4) is 0 Å². The number of nitrogens with zero attached hydrogens (tertiary/aromatic N) is 1. The molecule has 1 aromatic carbocycles.